The largest absolute Gasteiger partial charge is 0.365 e. The molecule has 0 radical (unpaired) electrons. The lowest BCUT2D eigenvalue weighted by Crippen LogP contribution is -2.09. The first-order chi connectivity index (χ1) is 3.68. The quantitative estimate of drug-likeness (QED) is 0.420. The molecule has 0 aromatic rings. The molecule has 3 heteroatoms. The fraction of sp³-hybridized carbons (Fsp3) is 0.400. The van der Waals surface area contributed by atoms with Gasteiger partial charge in [-0.1, -0.05) is 13.0 Å². The number of carbonyl (C=O) groups is 1. The summed E-state index contributed by atoms with van der Waals surface area (Å²) in [5.41, 5.74) is 4.84. The van der Waals surface area contributed by atoms with Crippen molar-refractivity contribution in [3.8, 4) is 0 Å². The summed E-state index contributed by atoms with van der Waals surface area (Å²) in [6.07, 6.45) is 2.47. The predicted molar refractivity (Wildman–Crippen MR) is 36.6 cm³/mol. The van der Waals surface area contributed by atoms with Gasteiger partial charge in [0.1, 0.15) is 0 Å². The van der Waals surface area contributed by atoms with Crippen molar-refractivity contribution in [3.05, 3.63) is 11.0 Å². The number of rotatable bonds is 2. The molecule has 0 heterocycles. The molecule has 0 aliphatic heterocycles. The van der Waals surface area contributed by atoms with Crippen LogP contribution in [0, 0.1) is 0 Å². The Morgan fingerprint density at radius 2 is 2.38 bits per heavy atom. The fourth-order valence-corrected chi connectivity index (χ4v) is 0.477. The van der Waals surface area contributed by atoms with Gasteiger partial charge < -0.3 is 5.73 Å². The van der Waals surface area contributed by atoms with Crippen molar-refractivity contribution in [1.82, 2.24) is 0 Å². The van der Waals surface area contributed by atoms with Crippen LogP contribution in [0.25, 0.3) is 0 Å². The lowest BCUT2D eigenvalue weighted by Gasteiger charge is -1.87. The highest BCUT2D eigenvalue weighted by atomic mass is 32.1. The number of amides is 1. The first-order valence-corrected chi connectivity index (χ1v) is 2.82. The Balaban J connectivity index is 3.80. The number of hydrogen-bond acceptors (Lipinski definition) is 2. The van der Waals surface area contributed by atoms with Crippen LogP contribution in [0.3, 0.4) is 0 Å². The summed E-state index contributed by atoms with van der Waals surface area (Å²) in [7, 11) is 0. The van der Waals surface area contributed by atoms with Gasteiger partial charge in [0.2, 0.25) is 0 Å². The summed E-state index contributed by atoms with van der Waals surface area (Å²) in [4.78, 5) is 10.5. The molecule has 1 amide bonds. The van der Waals surface area contributed by atoms with Crippen LogP contribution in [0.1, 0.15) is 13.3 Å². The van der Waals surface area contributed by atoms with Gasteiger partial charge in [-0.2, -0.15) is 0 Å². The lowest BCUT2D eigenvalue weighted by molar-refractivity contribution is -0.113. The van der Waals surface area contributed by atoms with E-state index in [9.17, 15) is 4.79 Å². The normalized spacial score (nSPS) is 11.5. The Bertz CT molecular complexity index is 120. The maximum absolute atomic E-state index is 10.2. The number of carbonyl (C=O) groups excluding carboxylic acids is 1. The van der Waals surface area contributed by atoms with Gasteiger partial charge >= 0.3 is 0 Å². The monoisotopic (exact) mass is 131 g/mol. The molecule has 0 spiro atoms. The smallest absolute Gasteiger partial charge is 0.254 e. The summed E-state index contributed by atoms with van der Waals surface area (Å²) in [5, 5.41) is 0. The van der Waals surface area contributed by atoms with Crippen molar-refractivity contribution in [1.29, 1.82) is 0 Å². The van der Waals surface area contributed by atoms with E-state index in [2.05, 4.69) is 12.6 Å². The number of allylic oxidation sites excluding steroid dienone is 1. The molecule has 0 aromatic heterocycles. The second-order valence-corrected chi connectivity index (χ2v) is 1.84. The van der Waals surface area contributed by atoms with Gasteiger partial charge in [0.15, 0.2) is 0 Å². The Morgan fingerprint density at radius 1 is 1.88 bits per heavy atom. The van der Waals surface area contributed by atoms with Crippen molar-refractivity contribution >= 4 is 18.5 Å². The minimum atomic E-state index is -0.463. The van der Waals surface area contributed by atoms with Crippen LogP contribution in [-0.4, -0.2) is 5.91 Å². The van der Waals surface area contributed by atoms with Crippen molar-refractivity contribution in [3.63, 3.8) is 0 Å². The lowest BCUT2D eigenvalue weighted by atomic mass is 10.4. The summed E-state index contributed by atoms with van der Waals surface area (Å²) in [5.74, 6) is -0.463. The Kier molecular flexibility index (Phi) is 3.35. The number of thiol groups is 1. The zero-order valence-electron chi connectivity index (χ0n) is 4.72. The molecule has 0 fully saturated rings. The SMILES string of the molecule is CC/C=C(\S)C(N)=O. The molecule has 2 N–H and O–H groups in total. The van der Waals surface area contributed by atoms with Gasteiger partial charge in [-0.05, 0) is 6.42 Å². The fourth-order valence-electron chi connectivity index (χ4n) is 0.294. The predicted octanol–water partition coefficient (Wildman–Crippen LogP) is 0.695. The average molecular weight is 131 g/mol. The summed E-state index contributed by atoms with van der Waals surface area (Å²) in [6.45, 7) is 1.92. The van der Waals surface area contributed by atoms with Crippen LogP contribution in [0.5, 0.6) is 0 Å². The third kappa shape index (κ3) is 2.69. The number of nitrogens with two attached hydrogens (primary N) is 1. The van der Waals surface area contributed by atoms with Crippen LogP contribution in [-0.2, 0) is 4.79 Å². The molecule has 0 atom stereocenters. The number of primary amides is 1. The van der Waals surface area contributed by atoms with Crippen LogP contribution in [0.2, 0.25) is 0 Å². The topological polar surface area (TPSA) is 43.1 Å². The summed E-state index contributed by atoms with van der Waals surface area (Å²) < 4.78 is 0. The van der Waals surface area contributed by atoms with Gasteiger partial charge in [-0.15, -0.1) is 12.6 Å². The Morgan fingerprint density at radius 3 is 2.50 bits per heavy atom. The molecule has 46 valence electrons. The average Bonchev–Trinajstić information content (AvgIpc) is 1.67. The van der Waals surface area contributed by atoms with Crippen molar-refractivity contribution in [2.24, 2.45) is 5.73 Å². The van der Waals surface area contributed by atoms with Crippen LogP contribution in [0.4, 0.5) is 0 Å². The molecule has 0 saturated heterocycles. The van der Waals surface area contributed by atoms with Crippen molar-refractivity contribution in [2.45, 2.75) is 13.3 Å². The van der Waals surface area contributed by atoms with Crippen molar-refractivity contribution in [2.75, 3.05) is 0 Å². The van der Waals surface area contributed by atoms with E-state index < -0.39 is 5.91 Å². The standard InChI is InChI=1S/C5H9NOS/c1-2-3-4(8)5(6)7/h3,8H,2H2,1H3,(H2,6,7)/b4-3-. The molecule has 2 nitrogen and oxygen atoms in total. The minimum Gasteiger partial charge on any atom is -0.365 e. The number of hydrogen-bond donors (Lipinski definition) is 2. The van der Waals surface area contributed by atoms with Crippen molar-refractivity contribution < 1.29 is 4.79 Å². The molecule has 0 aliphatic rings. The molecule has 0 unspecified atom stereocenters. The van der Waals surface area contributed by atoms with E-state index in [1.807, 2.05) is 6.92 Å². The van der Waals surface area contributed by atoms with Gasteiger partial charge in [0.25, 0.3) is 5.91 Å². The van der Waals surface area contributed by atoms with E-state index in [0.717, 1.165) is 6.42 Å². The maximum Gasteiger partial charge on any atom is 0.254 e. The zero-order chi connectivity index (χ0) is 6.57. The third-order valence-electron chi connectivity index (χ3n) is 0.650. The van der Waals surface area contributed by atoms with E-state index in [4.69, 9.17) is 5.73 Å². The highest BCUT2D eigenvalue weighted by molar-refractivity contribution is 7.85. The maximum atomic E-state index is 10.2. The molecule has 8 heavy (non-hydrogen) atoms. The molecule has 0 aliphatic carbocycles. The van der Waals surface area contributed by atoms with E-state index in [1.165, 1.54) is 0 Å². The van der Waals surface area contributed by atoms with Gasteiger partial charge in [0, 0.05) is 0 Å². The minimum absolute atomic E-state index is 0.340. The first kappa shape index (κ1) is 7.56. The van der Waals surface area contributed by atoms with E-state index in [0.29, 0.717) is 4.91 Å². The molecule has 0 bridgehead atoms. The molecular formula is C5H9NOS. The third-order valence-corrected chi connectivity index (χ3v) is 1.05. The highest BCUT2D eigenvalue weighted by Crippen LogP contribution is 1.98. The molecule has 0 rings (SSSR count). The Labute approximate surface area is 54.2 Å². The first-order valence-electron chi connectivity index (χ1n) is 2.37. The second kappa shape index (κ2) is 3.55. The highest BCUT2D eigenvalue weighted by Gasteiger charge is 1.93. The zero-order valence-corrected chi connectivity index (χ0v) is 5.61. The molecular weight excluding hydrogens is 122 g/mol. The van der Waals surface area contributed by atoms with E-state index in [1.54, 1.807) is 6.08 Å². The Hall–Kier alpha value is -0.440. The summed E-state index contributed by atoms with van der Waals surface area (Å²) in [6, 6.07) is 0. The molecule has 0 saturated carbocycles. The van der Waals surface area contributed by atoms with Gasteiger partial charge in [-0.3, -0.25) is 4.79 Å². The van der Waals surface area contributed by atoms with Gasteiger partial charge in [0.05, 0.1) is 4.91 Å². The van der Waals surface area contributed by atoms with Crippen LogP contribution in [0.15, 0.2) is 11.0 Å². The summed E-state index contributed by atoms with van der Waals surface area (Å²) >= 11 is 3.79. The van der Waals surface area contributed by atoms with Crippen LogP contribution >= 0.6 is 12.6 Å². The second-order valence-electron chi connectivity index (χ2n) is 1.36. The van der Waals surface area contributed by atoms with E-state index >= 15 is 0 Å². The van der Waals surface area contributed by atoms with Gasteiger partial charge in [-0.25, -0.2) is 0 Å². The van der Waals surface area contributed by atoms with Crippen LogP contribution < -0.4 is 5.73 Å². The van der Waals surface area contributed by atoms with E-state index in [-0.39, 0.29) is 0 Å². The molecule has 0 aromatic carbocycles.